The van der Waals surface area contributed by atoms with Crippen LogP contribution in [0.2, 0.25) is 20.6 Å². The van der Waals surface area contributed by atoms with Crippen molar-refractivity contribution in [2.75, 3.05) is 218 Å². The Morgan fingerprint density at radius 3 is 1.30 bits per heavy atom. The van der Waals surface area contributed by atoms with Gasteiger partial charge in [0, 0.05) is 122 Å². The number of fused-ring (bicyclic) bond motifs is 4. The lowest BCUT2D eigenvalue weighted by atomic mass is 10.2. The van der Waals surface area contributed by atoms with Crippen LogP contribution in [0, 0.1) is 0 Å². The molecule has 2 amide bonds. The number of carbonyl (C=O) groups excluding carboxylic acids is 6. The molecule has 708 valence electrons. The second-order valence-electron chi connectivity index (χ2n) is 31.2. The van der Waals surface area contributed by atoms with Crippen LogP contribution < -0.4 is 41.4 Å². The van der Waals surface area contributed by atoms with Gasteiger partial charge in [0.15, 0.2) is 28.4 Å². The highest BCUT2D eigenvalue weighted by Crippen LogP contribution is 2.32. The molecule has 10 aromatic rings. The monoisotopic (exact) mass is 1890 g/mol. The summed E-state index contributed by atoms with van der Waals surface area (Å²) in [6.45, 7) is 37.9. The van der Waals surface area contributed by atoms with Crippen molar-refractivity contribution in [2.45, 2.75) is 106 Å². The average molecular weight is 1890 g/mol. The van der Waals surface area contributed by atoms with E-state index in [9.17, 15) is 28.8 Å². The molecular formula is C85H118Cl4N24O17. The number of morpholine rings is 4. The normalized spacial score (nSPS) is 14.4. The smallest absolute Gasteiger partial charge is 0.416 e. The first-order chi connectivity index (χ1) is 62.4. The maximum absolute atomic E-state index is 13.6. The number of rotatable bonds is 29. The zero-order valence-corrected chi connectivity index (χ0v) is 78.6. The van der Waals surface area contributed by atoms with Gasteiger partial charge in [0.2, 0.25) is 11.8 Å². The standard InChI is InChI=1S/C27H37N7O6.C21H30ClN5O5.C16H22ClN5O3.C8H5Cl2N3O.C7H16N2O.C6H8N2O/c1-6-39-25(35)19-18-29-34-22(17-21(31-23(19)34)30-20-9-7-10-28-24(20)37-5)33(26(36)40-27(2,3)4)12-8-11-32-13-15-38-16-14-32;1-5-31-19(28)15-14-23-27-17(13-16(22)24-18(15)27)26(20(29)32-21(2,3)4)8-6-7-25-9-11-30-12-10-25;1-2-25-16(23)12-11-19-22-14(10-13(17)20-15(12)22)18-4-3-5-21-6-8-24-9-7-21;1-4(14)5-3-11-13-7(10)2-6(9)12-8(5)13;8-2-1-3-9-4-6-10-7-5-9;1-9-6-5(7)3-2-4-8-6/h7,9-10,17-18H,6,8,11-16H2,1-5H3,(H,30,31);13-14H,5-12H2,1-4H3;10-11,18H,2-9H2,1H3;2-3H,1H3;1-8H2;2-4H,7H2,1H3. The maximum Gasteiger partial charge on any atom is 0.416 e. The average Bonchev–Trinajstić information content (AvgIpc) is 1.59. The molecule has 14 rings (SSSR count). The number of methoxy groups -OCH3 is 2. The van der Waals surface area contributed by atoms with E-state index in [2.05, 4.69) is 80.5 Å². The number of ketones is 1. The lowest BCUT2D eigenvalue weighted by Crippen LogP contribution is -2.41. The molecule has 10 aromatic heterocycles. The number of ether oxygens (including phenoxy) is 11. The summed E-state index contributed by atoms with van der Waals surface area (Å²) in [6, 6.07) is 13.4. The van der Waals surface area contributed by atoms with Crippen LogP contribution >= 0.6 is 46.4 Å². The molecule has 45 heteroatoms. The second-order valence-corrected chi connectivity index (χ2v) is 32.7. The number of nitrogens with one attached hydrogen (secondary N) is 2. The highest BCUT2D eigenvalue weighted by molar-refractivity contribution is 6.33. The van der Waals surface area contributed by atoms with Crippen LogP contribution in [0.25, 0.3) is 22.6 Å². The van der Waals surface area contributed by atoms with E-state index in [1.54, 1.807) is 102 Å². The van der Waals surface area contributed by atoms with Gasteiger partial charge in [0.25, 0.3) is 0 Å². The number of nitrogen functional groups attached to an aromatic ring is 1. The number of hydrogen-bond donors (Lipinski definition) is 4. The summed E-state index contributed by atoms with van der Waals surface area (Å²) in [5.41, 5.74) is 12.8. The quantitative estimate of drug-likeness (QED) is 0.0111. The third-order valence-corrected chi connectivity index (χ3v) is 20.2. The number of halogens is 4. The molecule has 4 aliphatic heterocycles. The van der Waals surface area contributed by atoms with Gasteiger partial charge in [-0.3, -0.25) is 34.2 Å². The summed E-state index contributed by atoms with van der Waals surface area (Å²) in [4.78, 5) is 112. The van der Waals surface area contributed by atoms with Crippen molar-refractivity contribution in [1.82, 2.24) is 88.0 Å². The Balaban J connectivity index is 0.000000189. The largest absolute Gasteiger partial charge is 0.480 e. The number of Topliss-reactive ketones (excluding diaryl/α,β-unsaturated/α-hetero) is 1. The first kappa shape index (κ1) is 103. The first-order valence-electron chi connectivity index (χ1n) is 42.8. The molecule has 130 heavy (non-hydrogen) atoms. The van der Waals surface area contributed by atoms with Gasteiger partial charge in [-0.25, -0.2) is 58.4 Å². The van der Waals surface area contributed by atoms with E-state index in [-0.39, 0.29) is 51.7 Å². The molecule has 0 saturated carbocycles. The van der Waals surface area contributed by atoms with E-state index in [0.29, 0.717) is 138 Å². The van der Waals surface area contributed by atoms with Crippen molar-refractivity contribution in [3.63, 3.8) is 0 Å². The molecule has 0 unspecified atom stereocenters. The number of amides is 2. The van der Waals surface area contributed by atoms with Gasteiger partial charge in [-0.2, -0.15) is 33.9 Å². The molecule has 0 atom stereocenters. The molecule has 4 fully saturated rings. The first-order valence-corrected chi connectivity index (χ1v) is 44.3. The van der Waals surface area contributed by atoms with Gasteiger partial charge in [-0.1, -0.05) is 46.4 Å². The van der Waals surface area contributed by atoms with Gasteiger partial charge in [0.1, 0.15) is 77.5 Å². The summed E-state index contributed by atoms with van der Waals surface area (Å²) in [5, 5.41) is 24.4. The number of nitrogens with zero attached hydrogens (tertiary/aromatic N) is 20. The van der Waals surface area contributed by atoms with E-state index in [0.717, 1.165) is 131 Å². The number of esters is 3. The molecule has 41 nitrogen and oxygen atoms in total. The minimum Gasteiger partial charge on any atom is -0.480 e. The number of carbonyl (C=O) groups is 6. The third-order valence-electron chi connectivity index (χ3n) is 19.3. The van der Waals surface area contributed by atoms with Crippen molar-refractivity contribution < 1.29 is 80.9 Å². The predicted molar refractivity (Wildman–Crippen MR) is 491 cm³/mol. The summed E-state index contributed by atoms with van der Waals surface area (Å²) < 4.78 is 64.2. The number of anilines is 6. The van der Waals surface area contributed by atoms with Gasteiger partial charge < -0.3 is 74.2 Å². The number of nitrogens with two attached hydrogens (primary N) is 2. The molecule has 0 aliphatic carbocycles. The van der Waals surface area contributed by atoms with Gasteiger partial charge in [-0.15, -0.1) is 0 Å². The number of hydrogen-bond acceptors (Lipinski definition) is 35. The molecule has 14 heterocycles. The highest BCUT2D eigenvalue weighted by Gasteiger charge is 2.32. The topological polar surface area (TPSA) is 446 Å². The van der Waals surface area contributed by atoms with Gasteiger partial charge >= 0.3 is 30.1 Å². The molecule has 0 radical (unpaired) electrons. The minimum absolute atomic E-state index is 0.120. The SMILES string of the molecule is CC(=O)c1cnn2c(Cl)cc(Cl)nc12.CCOC(=O)c1cnn2c(N(CCCN3CCOCC3)C(=O)OC(C)(C)C)cc(Cl)nc12.CCOC(=O)c1cnn2c(N(CCCN3CCOCC3)C(=O)OC(C)(C)C)cc(Nc3cccnc3OC)nc12.CCOC(=O)c1cnn2c(NCCCN3CCOCC3)cc(Cl)nc12.COc1ncccc1N.NCCCN1CCOCC1. The lowest BCUT2D eigenvalue weighted by Gasteiger charge is -2.30. The highest BCUT2D eigenvalue weighted by atomic mass is 35.5. The van der Waals surface area contributed by atoms with Crippen LogP contribution in [0.4, 0.5) is 44.2 Å². The van der Waals surface area contributed by atoms with Crippen LogP contribution in [0.5, 0.6) is 11.8 Å². The summed E-state index contributed by atoms with van der Waals surface area (Å²) >= 11 is 23.9. The van der Waals surface area contributed by atoms with Crippen molar-refractivity contribution in [3.05, 3.63) is 129 Å². The summed E-state index contributed by atoms with van der Waals surface area (Å²) in [5.74, 6) is 0.943. The van der Waals surface area contributed by atoms with Crippen molar-refractivity contribution >= 4 is 140 Å². The summed E-state index contributed by atoms with van der Waals surface area (Å²) in [7, 11) is 3.06. The zero-order chi connectivity index (χ0) is 93.9. The molecule has 4 saturated heterocycles. The van der Waals surface area contributed by atoms with E-state index in [4.69, 9.17) is 110 Å². The Kier molecular flexibility index (Phi) is 40.9. The molecule has 0 aromatic carbocycles. The van der Waals surface area contributed by atoms with E-state index < -0.39 is 41.3 Å². The molecule has 0 bridgehead atoms. The minimum atomic E-state index is -0.726. The zero-order valence-electron chi connectivity index (χ0n) is 75.6. The Bertz CT molecular complexity index is 5300. The van der Waals surface area contributed by atoms with E-state index in [1.165, 1.54) is 74.3 Å². The Labute approximate surface area is 774 Å². The van der Waals surface area contributed by atoms with Crippen LogP contribution in [-0.2, 0) is 42.6 Å². The second kappa shape index (κ2) is 51.7. The fraction of sp³-hybridized carbons (Fsp3) is 0.529. The fourth-order valence-electron chi connectivity index (χ4n) is 13.2. The third kappa shape index (κ3) is 31.2. The van der Waals surface area contributed by atoms with Crippen molar-refractivity contribution in [3.8, 4) is 11.8 Å². The van der Waals surface area contributed by atoms with Crippen LogP contribution in [0.3, 0.4) is 0 Å². The molecule has 0 spiro atoms. The van der Waals surface area contributed by atoms with Crippen molar-refractivity contribution in [1.29, 1.82) is 0 Å². The fourth-order valence-corrected chi connectivity index (χ4v) is 14.0. The number of aromatic nitrogens is 14. The molecule has 4 aliphatic rings. The maximum atomic E-state index is 13.6. The number of pyridine rings is 2. The van der Waals surface area contributed by atoms with E-state index in [1.807, 2.05) is 20.8 Å². The van der Waals surface area contributed by atoms with Gasteiger partial charge in [-0.05, 0) is 139 Å². The molecular weight excluding hydrogens is 1770 g/mol. The Morgan fingerprint density at radius 1 is 0.485 bits per heavy atom. The van der Waals surface area contributed by atoms with Crippen molar-refractivity contribution in [2.24, 2.45) is 5.73 Å². The van der Waals surface area contributed by atoms with Crippen LogP contribution in [-0.4, -0.2) is 327 Å². The predicted octanol–water partition coefficient (Wildman–Crippen LogP) is 10.8. The molecule has 6 N–H and O–H groups in total. The Hall–Kier alpha value is -10.8. The van der Waals surface area contributed by atoms with Crippen LogP contribution in [0.15, 0.2) is 85.7 Å². The van der Waals surface area contributed by atoms with Crippen LogP contribution in [0.1, 0.15) is 136 Å². The Morgan fingerprint density at radius 2 is 0.869 bits per heavy atom. The van der Waals surface area contributed by atoms with Gasteiger partial charge in [0.05, 0.1) is 123 Å². The summed E-state index contributed by atoms with van der Waals surface area (Å²) in [6.07, 6.45) is 11.3. The lowest BCUT2D eigenvalue weighted by molar-refractivity contribution is 0.0371. The van der Waals surface area contributed by atoms with E-state index >= 15 is 0 Å².